The fourth-order valence-corrected chi connectivity index (χ4v) is 3.95. The zero-order chi connectivity index (χ0) is 23.0. The minimum absolute atomic E-state index is 0.180. The third-order valence-corrected chi connectivity index (χ3v) is 6.52. The molecule has 7 nitrogen and oxygen atoms in total. The lowest BCUT2D eigenvalue weighted by Crippen LogP contribution is -2.36. The molecule has 2 aromatic carbocycles. The van der Waals surface area contributed by atoms with Gasteiger partial charge in [-0.05, 0) is 31.0 Å². The molecule has 0 bridgehead atoms. The van der Waals surface area contributed by atoms with Crippen LogP contribution < -0.4 is 5.32 Å². The molecule has 0 unspecified atom stereocenters. The summed E-state index contributed by atoms with van der Waals surface area (Å²) in [5.74, 6) is -3.30. The molecule has 1 N–H and O–H groups in total. The molecule has 0 saturated heterocycles. The number of nitrogens with one attached hydrogen (secondary N) is 1. The molecule has 0 aliphatic carbocycles. The average molecular weight is 504 g/mol. The van der Waals surface area contributed by atoms with Crippen LogP contribution >= 0.6 is 46.4 Å². The lowest BCUT2D eigenvalue weighted by atomic mass is 10.1. The number of halogens is 4. The Bertz CT molecular complexity index is 1100. The molecule has 3 rings (SSSR count). The number of amides is 3. The molecule has 0 fully saturated rings. The molecule has 0 radical (unpaired) electrons. The number of carbonyl (C=O) groups excluding carboxylic acids is 4. The standard InChI is InChI=1S/C20H14Cl4N2O5/c1-8-4-3-5-10(9(8)2)25-11(27)7-31-12(28)6-26-19(29)13-14(20(26)30)16(22)18(24)17(23)15(13)21/h3-5H,6-7H2,1-2H3,(H,25,27). The third kappa shape index (κ3) is 4.36. The maximum Gasteiger partial charge on any atom is 0.326 e. The average Bonchev–Trinajstić information content (AvgIpc) is 2.97. The second-order valence-corrected chi connectivity index (χ2v) is 8.17. The summed E-state index contributed by atoms with van der Waals surface area (Å²) >= 11 is 24.0. The van der Waals surface area contributed by atoms with E-state index in [1.54, 1.807) is 12.1 Å². The molecule has 0 atom stereocenters. The fraction of sp³-hybridized carbons (Fsp3) is 0.200. The fourth-order valence-electron chi connectivity index (χ4n) is 2.93. The Labute approximate surface area is 197 Å². The summed E-state index contributed by atoms with van der Waals surface area (Å²) in [6, 6.07) is 5.39. The summed E-state index contributed by atoms with van der Waals surface area (Å²) in [7, 11) is 0. The lowest BCUT2D eigenvalue weighted by Gasteiger charge is -2.14. The van der Waals surface area contributed by atoms with E-state index in [9.17, 15) is 19.2 Å². The van der Waals surface area contributed by atoms with Crippen molar-refractivity contribution in [3.05, 3.63) is 60.5 Å². The first-order chi connectivity index (χ1) is 14.5. The molecule has 162 valence electrons. The van der Waals surface area contributed by atoms with Crippen LogP contribution in [0.3, 0.4) is 0 Å². The van der Waals surface area contributed by atoms with E-state index in [0.717, 1.165) is 11.1 Å². The molecule has 1 heterocycles. The largest absolute Gasteiger partial charge is 0.454 e. The summed E-state index contributed by atoms with van der Waals surface area (Å²) in [6.07, 6.45) is 0. The Kier molecular flexibility index (Phi) is 6.81. The van der Waals surface area contributed by atoms with E-state index in [1.807, 2.05) is 19.9 Å². The summed E-state index contributed by atoms with van der Waals surface area (Å²) in [6.45, 7) is 2.39. The van der Waals surface area contributed by atoms with Gasteiger partial charge < -0.3 is 10.1 Å². The van der Waals surface area contributed by atoms with Gasteiger partial charge in [0.1, 0.15) is 6.54 Å². The number of rotatable bonds is 5. The Morgan fingerprint density at radius 3 is 2.03 bits per heavy atom. The molecule has 1 aliphatic rings. The number of aryl methyl sites for hydroxylation is 1. The molecule has 0 spiro atoms. The Balaban J connectivity index is 1.66. The van der Waals surface area contributed by atoms with Crippen molar-refractivity contribution < 1.29 is 23.9 Å². The maximum absolute atomic E-state index is 12.6. The van der Waals surface area contributed by atoms with Crippen LogP contribution in [0.15, 0.2) is 18.2 Å². The Hall–Kier alpha value is -2.32. The van der Waals surface area contributed by atoms with Crippen LogP contribution in [0, 0.1) is 13.8 Å². The van der Waals surface area contributed by atoms with Gasteiger partial charge in [0.15, 0.2) is 6.61 Å². The highest BCUT2D eigenvalue weighted by Crippen LogP contribution is 2.44. The molecule has 2 aromatic rings. The van der Waals surface area contributed by atoms with Gasteiger partial charge in [0.05, 0.1) is 31.2 Å². The number of fused-ring (bicyclic) bond motifs is 1. The minimum atomic E-state index is -0.977. The van der Waals surface area contributed by atoms with Gasteiger partial charge in [0.25, 0.3) is 17.7 Å². The van der Waals surface area contributed by atoms with Gasteiger partial charge in [-0.3, -0.25) is 24.1 Å². The number of nitrogens with zero attached hydrogens (tertiary/aromatic N) is 1. The van der Waals surface area contributed by atoms with Crippen molar-refractivity contribution in [1.82, 2.24) is 4.90 Å². The predicted molar refractivity (Wildman–Crippen MR) is 117 cm³/mol. The van der Waals surface area contributed by atoms with E-state index in [2.05, 4.69) is 5.32 Å². The number of carbonyl (C=O) groups is 4. The first-order valence-electron chi connectivity index (χ1n) is 8.78. The number of benzene rings is 2. The van der Waals surface area contributed by atoms with Crippen molar-refractivity contribution in [3.8, 4) is 0 Å². The van der Waals surface area contributed by atoms with Crippen molar-refractivity contribution >= 4 is 75.8 Å². The molecule has 31 heavy (non-hydrogen) atoms. The third-order valence-electron chi connectivity index (χ3n) is 4.72. The van der Waals surface area contributed by atoms with Crippen molar-refractivity contribution in [1.29, 1.82) is 0 Å². The highest BCUT2D eigenvalue weighted by atomic mass is 35.5. The number of ether oxygens (including phenoxy) is 1. The minimum Gasteiger partial charge on any atom is -0.454 e. The smallest absolute Gasteiger partial charge is 0.326 e. The molecule has 1 aliphatic heterocycles. The van der Waals surface area contributed by atoms with Crippen LogP contribution in [0.5, 0.6) is 0 Å². The molecule has 0 saturated carbocycles. The summed E-state index contributed by atoms with van der Waals surface area (Å²) in [5, 5.41) is 1.79. The number of hydrogen-bond acceptors (Lipinski definition) is 5. The highest BCUT2D eigenvalue weighted by Gasteiger charge is 2.42. The van der Waals surface area contributed by atoms with Gasteiger partial charge in [0, 0.05) is 5.69 Å². The Morgan fingerprint density at radius 2 is 1.48 bits per heavy atom. The number of hydrogen-bond donors (Lipinski definition) is 1. The normalized spacial score (nSPS) is 12.8. The van der Waals surface area contributed by atoms with E-state index in [-0.39, 0.29) is 31.2 Å². The van der Waals surface area contributed by atoms with Crippen LogP contribution in [0.25, 0.3) is 0 Å². The van der Waals surface area contributed by atoms with Crippen LogP contribution in [0.2, 0.25) is 20.1 Å². The zero-order valence-electron chi connectivity index (χ0n) is 16.1. The van der Waals surface area contributed by atoms with Crippen molar-refractivity contribution in [2.45, 2.75) is 13.8 Å². The molecule has 3 amide bonds. The monoisotopic (exact) mass is 502 g/mol. The second kappa shape index (κ2) is 9.04. The van der Waals surface area contributed by atoms with Gasteiger partial charge in [-0.1, -0.05) is 58.5 Å². The number of esters is 1. The van der Waals surface area contributed by atoms with E-state index in [0.29, 0.717) is 10.6 Å². The van der Waals surface area contributed by atoms with Crippen LogP contribution in [0.4, 0.5) is 5.69 Å². The van der Waals surface area contributed by atoms with Crippen LogP contribution in [-0.2, 0) is 14.3 Å². The number of anilines is 1. The summed E-state index contributed by atoms with van der Waals surface area (Å²) in [4.78, 5) is 50.0. The quantitative estimate of drug-likeness (QED) is 0.276. The molecular weight excluding hydrogens is 490 g/mol. The lowest BCUT2D eigenvalue weighted by molar-refractivity contribution is -0.147. The summed E-state index contributed by atoms with van der Waals surface area (Å²) in [5.41, 5.74) is 1.95. The van der Waals surface area contributed by atoms with Crippen LogP contribution in [0.1, 0.15) is 31.8 Å². The Morgan fingerprint density at radius 1 is 0.935 bits per heavy atom. The SMILES string of the molecule is Cc1cccc(NC(=O)COC(=O)CN2C(=O)c3c(Cl)c(Cl)c(Cl)c(Cl)c3C2=O)c1C. The molecule has 11 heteroatoms. The first kappa shape index (κ1) is 23.3. The van der Waals surface area contributed by atoms with E-state index >= 15 is 0 Å². The van der Waals surface area contributed by atoms with Crippen molar-refractivity contribution in [2.24, 2.45) is 0 Å². The number of imide groups is 1. The zero-order valence-corrected chi connectivity index (χ0v) is 19.2. The van der Waals surface area contributed by atoms with E-state index < -0.39 is 36.8 Å². The second-order valence-electron chi connectivity index (χ2n) is 6.66. The topological polar surface area (TPSA) is 92.8 Å². The van der Waals surface area contributed by atoms with E-state index in [4.69, 9.17) is 51.1 Å². The van der Waals surface area contributed by atoms with Crippen molar-refractivity contribution in [2.75, 3.05) is 18.5 Å². The highest BCUT2D eigenvalue weighted by molar-refractivity contribution is 6.55. The van der Waals surface area contributed by atoms with Gasteiger partial charge in [-0.15, -0.1) is 0 Å². The van der Waals surface area contributed by atoms with Gasteiger partial charge >= 0.3 is 5.97 Å². The van der Waals surface area contributed by atoms with Crippen molar-refractivity contribution in [3.63, 3.8) is 0 Å². The maximum atomic E-state index is 12.6. The van der Waals surface area contributed by atoms with Gasteiger partial charge in [-0.25, -0.2) is 0 Å². The van der Waals surface area contributed by atoms with Crippen LogP contribution in [-0.4, -0.2) is 41.7 Å². The molecular formula is C20H14Cl4N2O5. The van der Waals surface area contributed by atoms with Gasteiger partial charge in [-0.2, -0.15) is 0 Å². The first-order valence-corrected chi connectivity index (χ1v) is 10.3. The predicted octanol–water partition coefficient (Wildman–Crippen LogP) is 4.69. The summed E-state index contributed by atoms with van der Waals surface area (Å²) < 4.78 is 4.90. The van der Waals surface area contributed by atoms with E-state index in [1.165, 1.54) is 0 Å². The van der Waals surface area contributed by atoms with Gasteiger partial charge in [0.2, 0.25) is 0 Å². The molecule has 0 aromatic heterocycles.